The standard InChI is InChI=1S/C20H22NO7P.C20H20NO6P.C19H19ClNO4P.C18H17FNO4P/c1-24-13-8-12(19(26-3)18(10-13)25-2)9-16-15-7-6-14(29(23,27-4)28-5)11-17(15)21-20(16)22;1-11-5-15-18(17(6-11)28(23,24-3)25-4)14(20(22)21-15)8-13-7-12(2)19-16(9-13)26-10-27-19;1-3-24-26(23,25-4-2)15-8-9-18-16(12-15)17(19(22)21-18)11-13-6-5-7-14(20)10-13;1-11-8-14-15(10-12-4-6-13(19)7-5-12)18(21)20-17(14)16(9-11)25(22,23-2)24-3/h6-11H,1-5H3,(H,21,22);5-9H,10H2,1-4H3,(H,21,22);5-12H,3-4H2,1-2H3,(H,21,22);4-10H,1-3H3,(H,20,21). The van der Waals surface area contributed by atoms with E-state index in [1.54, 1.807) is 130 Å². The minimum absolute atomic E-state index is 0.174. The Morgan fingerprint density at radius 3 is 1.67 bits per heavy atom. The van der Waals surface area contributed by atoms with Crippen LogP contribution >= 0.6 is 42.0 Å². The molecule has 13 rings (SSSR count). The molecule has 0 fully saturated rings. The summed E-state index contributed by atoms with van der Waals surface area (Å²) in [6.45, 7) is 9.81. The summed E-state index contributed by atoms with van der Waals surface area (Å²) in [5, 5.41) is 13.2. The molecule has 0 radical (unpaired) electrons. The fraction of sp³-hybridized carbons (Fsp3) is 0.221. The van der Waals surface area contributed by atoms with Crippen LogP contribution < -0.4 is 66.2 Å². The van der Waals surface area contributed by atoms with E-state index in [9.17, 15) is 41.8 Å². The largest absolute Gasteiger partial charge is 0.497 e. The second kappa shape index (κ2) is 34.3. The van der Waals surface area contributed by atoms with Gasteiger partial charge in [-0.1, -0.05) is 41.9 Å². The SMILES string of the molecule is CCOP(=O)(OCC)c1ccc2c(c1)C(=Cc1cccc(Cl)c1)C(=O)N2.COP(=O)(OC)c1cc(C)cc2c1C(=Cc1cc(C)c3c(c1)OCO3)C(=O)N2.COP(=O)(OC)c1cc(C)cc2c1NC(=O)C2=Cc1ccc(F)cc1.COc1cc(C=C2C(=O)Nc3cc(P(=O)(OC)OC)ccc32)c(OC)c(OC)c1. The topological polar surface area (TPSA) is 305 Å². The smallest absolute Gasteiger partial charge is 0.362 e. The fourth-order valence-corrected chi connectivity index (χ4v) is 17.9. The van der Waals surface area contributed by atoms with E-state index >= 15 is 0 Å². The van der Waals surface area contributed by atoms with Gasteiger partial charge < -0.3 is 81.1 Å². The first kappa shape index (κ1) is 80.9. The van der Waals surface area contributed by atoms with Gasteiger partial charge in [0.05, 0.1) is 72.7 Å². The molecule has 0 aliphatic carbocycles. The highest BCUT2D eigenvalue weighted by Crippen LogP contribution is 2.54. The number of benzene rings is 8. The van der Waals surface area contributed by atoms with Crippen molar-refractivity contribution in [3.63, 3.8) is 0 Å². The zero-order valence-electron chi connectivity index (χ0n) is 61.3. The van der Waals surface area contributed by atoms with E-state index in [0.29, 0.717) is 133 Å². The molecule has 108 heavy (non-hydrogen) atoms. The predicted octanol–water partition coefficient (Wildman–Crippen LogP) is 15.4. The number of anilines is 4. The summed E-state index contributed by atoms with van der Waals surface area (Å²) in [5.41, 5.74) is 11.7. The van der Waals surface area contributed by atoms with Gasteiger partial charge in [0.25, 0.3) is 23.6 Å². The molecule has 0 atom stereocenters. The van der Waals surface area contributed by atoms with Gasteiger partial charge in [-0.2, -0.15) is 0 Å². The van der Waals surface area contributed by atoms with Gasteiger partial charge in [0.2, 0.25) is 6.79 Å². The van der Waals surface area contributed by atoms with E-state index in [0.717, 1.165) is 27.8 Å². The van der Waals surface area contributed by atoms with Crippen LogP contribution in [0.5, 0.6) is 28.7 Å². The van der Waals surface area contributed by atoms with Crippen molar-refractivity contribution in [3.05, 3.63) is 205 Å². The van der Waals surface area contributed by atoms with Gasteiger partial charge in [0, 0.05) is 110 Å². The van der Waals surface area contributed by atoms with E-state index in [-0.39, 0.29) is 49.5 Å². The second-order valence-electron chi connectivity index (χ2n) is 24.0. The second-order valence-corrected chi connectivity index (χ2v) is 33.1. The first-order valence-corrected chi connectivity index (χ1v) is 39.6. The van der Waals surface area contributed by atoms with Gasteiger partial charge in [-0.3, -0.25) is 37.4 Å². The van der Waals surface area contributed by atoms with Crippen LogP contribution in [0.1, 0.15) is 75.0 Å². The third kappa shape index (κ3) is 17.1. The van der Waals surface area contributed by atoms with E-state index in [4.69, 9.17) is 71.5 Å². The molecule has 5 aliphatic rings. The Morgan fingerprint density at radius 1 is 0.472 bits per heavy atom. The van der Waals surface area contributed by atoms with Crippen molar-refractivity contribution in [1.82, 2.24) is 0 Å². The molecule has 0 saturated carbocycles. The third-order valence-electron chi connectivity index (χ3n) is 17.2. The van der Waals surface area contributed by atoms with Crippen molar-refractivity contribution in [3.8, 4) is 28.7 Å². The van der Waals surface area contributed by atoms with Gasteiger partial charge in [-0.25, -0.2) is 4.39 Å². The van der Waals surface area contributed by atoms with Gasteiger partial charge in [0.1, 0.15) is 11.6 Å². The molecular weight excluding hydrogens is 1500 g/mol. The molecule has 0 aromatic heterocycles. The van der Waals surface area contributed by atoms with E-state index in [1.807, 2.05) is 57.2 Å². The lowest BCUT2D eigenvalue weighted by atomic mass is 10.0. The Balaban J connectivity index is 0.000000154. The summed E-state index contributed by atoms with van der Waals surface area (Å²) in [6, 6.07) is 37.2. The van der Waals surface area contributed by atoms with Crippen molar-refractivity contribution < 1.29 is 102 Å². The summed E-state index contributed by atoms with van der Waals surface area (Å²) < 4.78 is 133. The lowest BCUT2D eigenvalue weighted by Gasteiger charge is -2.18. The molecule has 0 unspecified atom stereocenters. The number of rotatable bonds is 21. The first-order valence-electron chi connectivity index (χ1n) is 33.1. The molecule has 5 aliphatic heterocycles. The van der Waals surface area contributed by atoms with Gasteiger partial charge in [0.15, 0.2) is 23.0 Å². The number of carbonyl (C=O) groups excluding carboxylic acids is 4. The minimum atomic E-state index is -3.57. The molecule has 0 bridgehead atoms. The van der Waals surface area contributed by atoms with Crippen molar-refractivity contribution in [2.24, 2.45) is 0 Å². The number of amides is 4. The van der Waals surface area contributed by atoms with Crippen molar-refractivity contribution in [2.45, 2.75) is 34.6 Å². The number of aryl methyl sites for hydroxylation is 3. The van der Waals surface area contributed by atoms with E-state index < -0.39 is 30.4 Å². The normalized spacial score (nSPS) is 15.4. The number of fused-ring (bicyclic) bond motifs is 5. The van der Waals surface area contributed by atoms with Crippen molar-refractivity contribution >= 4 is 156 Å². The van der Waals surface area contributed by atoms with Crippen LogP contribution in [0, 0.1) is 26.6 Å². The summed E-state index contributed by atoms with van der Waals surface area (Å²) in [4.78, 5) is 50.2. The summed E-state index contributed by atoms with van der Waals surface area (Å²) in [5.74, 6) is 1.37. The maximum atomic E-state index is 13.1. The average molecular weight is 1570 g/mol. The summed E-state index contributed by atoms with van der Waals surface area (Å²) in [6.07, 6.45) is 6.85. The quantitative estimate of drug-likeness (QED) is 0.0384. The number of nitrogens with one attached hydrogen (secondary N) is 4. The molecule has 0 saturated heterocycles. The van der Waals surface area contributed by atoms with Crippen LogP contribution in [0.2, 0.25) is 5.02 Å². The Bertz CT molecular complexity index is 5200. The van der Waals surface area contributed by atoms with Crippen molar-refractivity contribution in [2.75, 3.05) is 105 Å². The number of carbonyl (C=O) groups is 4. The van der Waals surface area contributed by atoms with Crippen LogP contribution in [0.3, 0.4) is 0 Å². The van der Waals surface area contributed by atoms with Crippen molar-refractivity contribution in [1.29, 1.82) is 0 Å². The lowest BCUT2D eigenvalue weighted by Crippen LogP contribution is -2.15. The average Bonchev–Trinajstić information content (AvgIpc) is 1.73. The molecule has 8 aromatic carbocycles. The Kier molecular flexibility index (Phi) is 25.7. The highest BCUT2D eigenvalue weighted by Gasteiger charge is 2.39. The number of hydrogen-bond acceptors (Lipinski definition) is 21. The van der Waals surface area contributed by atoms with Crippen LogP contribution in [-0.4, -0.2) is 108 Å². The van der Waals surface area contributed by atoms with E-state index in [1.165, 1.54) is 69.0 Å². The summed E-state index contributed by atoms with van der Waals surface area (Å²) >= 11 is 6.02. The monoisotopic (exact) mass is 1570 g/mol. The Morgan fingerprint density at radius 2 is 1.04 bits per heavy atom. The number of methoxy groups -OCH3 is 3. The van der Waals surface area contributed by atoms with Crippen LogP contribution in [0.15, 0.2) is 133 Å². The molecule has 566 valence electrons. The Hall–Kier alpha value is -9.58. The highest BCUT2D eigenvalue weighted by atomic mass is 35.5. The molecule has 5 heterocycles. The number of halogens is 2. The fourth-order valence-electron chi connectivity index (χ4n) is 12.2. The maximum Gasteiger partial charge on any atom is 0.362 e. The van der Waals surface area contributed by atoms with Crippen LogP contribution in [-0.2, 0) is 73.6 Å². The maximum absolute atomic E-state index is 13.1. The molecule has 31 heteroatoms. The molecule has 4 N–H and O–H groups in total. The molecular formula is C77H78ClFN4O21P4. The third-order valence-corrected chi connectivity index (χ3v) is 25.3. The lowest BCUT2D eigenvalue weighted by molar-refractivity contribution is -0.111. The van der Waals surface area contributed by atoms with Gasteiger partial charge >= 0.3 is 30.4 Å². The first-order chi connectivity index (χ1) is 51.6. The van der Waals surface area contributed by atoms with Crippen LogP contribution in [0.25, 0.3) is 46.6 Å². The van der Waals surface area contributed by atoms with E-state index in [2.05, 4.69) is 21.3 Å². The number of hydrogen-bond donors (Lipinski definition) is 4. The highest BCUT2D eigenvalue weighted by molar-refractivity contribution is 7.63. The van der Waals surface area contributed by atoms with Crippen LogP contribution in [0.4, 0.5) is 27.1 Å². The predicted molar refractivity (Wildman–Crippen MR) is 417 cm³/mol. The minimum Gasteiger partial charge on any atom is -0.497 e. The molecule has 4 amide bonds. The number of ether oxygens (including phenoxy) is 5. The Labute approximate surface area is 628 Å². The molecule has 8 aromatic rings. The zero-order valence-corrected chi connectivity index (χ0v) is 65.6. The molecule has 25 nitrogen and oxygen atoms in total. The molecule has 0 spiro atoms. The van der Waals surface area contributed by atoms with Gasteiger partial charge in [-0.15, -0.1) is 0 Å². The summed E-state index contributed by atoms with van der Waals surface area (Å²) in [7, 11) is -1.51. The van der Waals surface area contributed by atoms with Gasteiger partial charge in [-0.05, 0) is 189 Å². The zero-order chi connectivity index (χ0) is 78.2.